The maximum atomic E-state index is 13.4. The first kappa shape index (κ1) is 24.6. The molecule has 2 unspecified atom stereocenters. The number of carbonyl (C=O) groups excluding carboxylic acids is 2. The number of hydrogen-bond donors (Lipinski definition) is 2. The molecular weight excluding hydrogens is 468 g/mol. The number of nitrogens with zero attached hydrogens (tertiary/aromatic N) is 2. The molecule has 3 amide bonds. The quantitative estimate of drug-likeness (QED) is 0.518. The Hall–Kier alpha value is -4.07. The van der Waals surface area contributed by atoms with Crippen molar-refractivity contribution in [1.82, 2.24) is 14.8 Å². The molecule has 1 saturated heterocycles. The molecule has 3 atom stereocenters. The number of aromatic nitrogens is 1. The van der Waals surface area contributed by atoms with Gasteiger partial charge in [-0.3, -0.25) is 9.59 Å². The van der Waals surface area contributed by atoms with E-state index < -0.39 is 6.04 Å². The van der Waals surface area contributed by atoms with Gasteiger partial charge in [-0.15, -0.1) is 0 Å². The van der Waals surface area contributed by atoms with Crippen LogP contribution in [0.4, 0.5) is 10.5 Å². The number of anilines is 1. The van der Waals surface area contributed by atoms with E-state index in [9.17, 15) is 14.4 Å². The topological polar surface area (TPSA) is 92.7 Å². The van der Waals surface area contributed by atoms with Gasteiger partial charge in [0.25, 0.3) is 5.56 Å². The van der Waals surface area contributed by atoms with Gasteiger partial charge >= 0.3 is 6.03 Å². The second-order valence-electron chi connectivity index (χ2n) is 9.74. The summed E-state index contributed by atoms with van der Waals surface area (Å²) in [6, 6.07) is 21.2. The van der Waals surface area contributed by atoms with Crippen molar-refractivity contribution < 1.29 is 14.3 Å². The number of fused-ring (bicyclic) bond motifs is 4. The molecule has 192 valence electrons. The molecule has 37 heavy (non-hydrogen) atoms. The molecule has 3 heterocycles. The molecule has 2 aromatic carbocycles. The largest absolute Gasteiger partial charge is 0.494 e. The van der Waals surface area contributed by atoms with Gasteiger partial charge in [-0.25, -0.2) is 4.79 Å². The van der Waals surface area contributed by atoms with E-state index in [1.54, 1.807) is 41.3 Å². The van der Waals surface area contributed by atoms with Crippen LogP contribution in [0.1, 0.15) is 30.5 Å². The van der Waals surface area contributed by atoms with Crippen LogP contribution in [0.15, 0.2) is 77.6 Å². The summed E-state index contributed by atoms with van der Waals surface area (Å²) < 4.78 is 7.32. The summed E-state index contributed by atoms with van der Waals surface area (Å²) in [5.74, 6) is 0.768. The van der Waals surface area contributed by atoms with E-state index in [0.29, 0.717) is 38.3 Å². The number of hydrogen-bond acceptors (Lipinski definition) is 4. The second kappa shape index (κ2) is 10.9. The zero-order valence-electron chi connectivity index (χ0n) is 20.9. The number of rotatable bonds is 7. The molecule has 2 aliphatic rings. The predicted molar refractivity (Wildman–Crippen MR) is 142 cm³/mol. The minimum Gasteiger partial charge on any atom is -0.494 e. The van der Waals surface area contributed by atoms with E-state index in [4.69, 9.17) is 4.74 Å². The lowest BCUT2D eigenvalue weighted by Gasteiger charge is -2.43. The first-order valence-electron chi connectivity index (χ1n) is 12.8. The van der Waals surface area contributed by atoms with Crippen LogP contribution in [-0.2, 0) is 17.8 Å². The monoisotopic (exact) mass is 500 g/mol. The Bertz CT molecular complexity index is 1310. The lowest BCUT2D eigenvalue weighted by molar-refractivity contribution is -0.118. The van der Waals surface area contributed by atoms with Crippen LogP contribution in [0.5, 0.6) is 5.75 Å². The van der Waals surface area contributed by atoms with Crippen LogP contribution >= 0.6 is 0 Å². The van der Waals surface area contributed by atoms with Crippen LogP contribution in [0.25, 0.3) is 0 Å². The third kappa shape index (κ3) is 5.69. The minimum absolute atomic E-state index is 0.0130. The van der Waals surface area contributed by atoms with E-state index in [1.165, 1.54) is 0 Å². The summed E-state index contributed by atoms with van der Waals surface area (Å²) in [5, 5.41) is 5.93. The van der Waals surface area contributed by atoms with Crippen LogP contribution in [0.2, 0.25) is 0 Å². The lowest BCUT2D eigenvalue weighted by Crippen LogP contribution is -2.55. The molecule has 8 heteroatoms. The van der Waals surface area contributed by atoms with E-state index in [-0.39, 0.29) is 29.3 Å². The summed E-state index contributed by atoms with van der Waals surface area (Å²) in [7, 11) is 0. The highest BCUT2D eigenvalue weighted by atomic mass is 16.5. The van der Waals surface area contributed by atoms with Crippen molar-refractivity contribution in [1.29, 1.82) is 0 Å². The summed E-state index contributed by atoms with van der Waals surface area (Å²) in [6.07, 6.45) is 1.33. The number of nitrogens with one attached hydrogen (secondary N) is 2. The maximum Gasteiger partial charge on any atom is 0.318 e. The van der Waals surface area contributed by atoms with Crippen LogP contribution in [0.3, 0.4) is 0 Å². The molecule has 1 aromatic heterocycles. The predicted octanol–water partition coefficient (Wildman–Crippen LogP) is 3.63. The molecule has 2 N–H and O–H groups in total. The van der Waals surface area contributed by atoms with Gasteiger partial charge in [-0.1, -0.05) is 36.4 Å². The standard InChI is InChI=1S/C29H32N4O4/c1-2-37-24-13-11-23(12-14-24)30-28(35)25(16-20-7-4-3-5-8-20)31-29(36)32-17-21-15-22(19-32)26-9-6-10-27(34)33(26)18-21/h3-14,21-22,25H,2,15-19H2,1H3,(H,30,35)(H,31,36)/t21?,22?,25-/m0/s1. The van der Waals surface area contributed by atoms with Gasteiger partial charge in [0, 0.05) is 49.4 Å². The number of carbonyl (C=O) groups is 2. The highest BCUT2D eigenvalue weighted by Crippen LogP contribution is 2.35. The van der Waals surface area contributed by atoms with E-state index in [0.717, 1.165) is 23.4 Å². The molecule has 8 nitrogen and oxygen atoms in total. The zero-order valence-corrected chi connectivity index (χ0v) is 20.9. The molecule has 0 radical (unpaired) electrons. The van der Waals surface area contributed by atoms with Crippen molar-refractivity contribution in [3.8, 4) is 5.75 Å². The smallest absolute Gasteiger partial charge is 0.318 e. The Labute approximate surface area is 216 Å². The Kier molecular flexibility index (Phi) is 7.25. The highest BCUT2D eigenvalue weighted by molar-refractivity contribution is 5.97. The molecule has 1 fully saturated rings. The van der Waals surface area contributed by atoms with Crippen LogP contribution in [-0.4, -0.2) is 47.1 Å². The van der Waals surface area contributed by atoms with Gasteiger partial charge in [-0.05, 0) is 55.2 Å². The van der Waals surface area contributed by atoms with Crippen molar-refractivity contribution >= 4 is 17.6 Å². The lowest BCUT2D eigenvalue weighted by atomic mass is 9.83. The Morgan fingerprint density at radius 2 is 1.76 bits per heavy atom. The van der Waals surface area contributed by atoms with Gasteiger partial charge in [0.1, 0.15) is 11.8 Å². The van der Waals surface area contributed by atoms with E-state index >= 15 is 0 Å². The third-order valence-corrected chi connectivity index (χ3v) is 7.10. The Balaban J connectivity index is 1.30. The van der Waals surface area contributed by atoms with Crippen LogP contribution < -0.4 is 20.9 Å². The first-order valence-corrected chi connectivity index (χ1v) is 12.8. The molecule has 3 aromatic rings. The average molecular weight is 501 g/mol. The summed E-state index contributed by atoms with van der Waals surface area (Å²) in [4.78, 5) is 40.9. The number of pyridine rings is 1. The SMILES string of the molecule is CCOc1ccc(NC(=O)[C@H](Cc2ccccc2)NC(=O)N2CC3CC(C2)c2cccc(=O)n2C3)cc1. The minimum atomic E-state index is -0.752. The van der Waals surface area contributed by atoms with Crippen molar-refractivity contribution in [2.45, 2.75) is 38.3 Å². The highest BCUT2D eigenvalue weighted by Gasteiger charge is 2.37. The Morgan fingerprint density at radius 3 is 2.51 bits per heavy atom. The first-order chi connectivity index (χ1) is 18.0. The van der Waals surface area contributed by atoms with Crippen molar-refractivity contribution in [3.63, 3.8) is 0 Å². The van der Waals surface area contributed by atoms with Gasteiger partial charge in [0.15, 0.2) is 0 Å². The van der Waals surface area contributed by atoms with Gasteiger partial charge < -0.3 is 24.8 Å². The second-order valence-corrected chi connectivity index (χ2v) is 9.74. The molecule has 2 aliphatic heterocycles. The van der Waals surface area contributed by atoms with E-state index in [1.807, 2.05) is 47.9 Å². The normalized spacial score (nSPS) is 18.9. The zero-order chi connectivity index (χ0) is 25.8. The fourth-order valence-corrected chi connectivity index (χ4v) is 5.39. The number of ether oxygens (including phenoxy) is 1. The van der Waals surface area contributed by atoms with E-state index in [2.05, 4.69) is 10.6 Å². The van der Waals surface area contributed by atoms with Crippen molar-refractivity contribution in [2.24, 2.45) is 5.92 Å². The number of piperidine rings is 1. The van der Waals surface area contributed by atoms with Gasteiger partial charge in [0.05, 0.1) is 6.61 Å². The molecule has 2 bridgehead atoms. The number of benzene rings is 2. The fraction of sp³-hybridized carbons (Fsp3) is 0.345. The number of amides is 3. The molecule has 0 spiro atoms. The van der Waals surface area contributed by atoms with Crippen molar-refractivity contribution in [2.75, 3.05) is 25.0 Å². The number of urea groups is 1. The van der Waals surface area contributed by atoms with Gasteiger partial charge in [0.2, 0.25) is 5.91 Å². The van der Waals surface area contributed by atoms with Crippen LogP contribution in [0, 0.1) is 5.92 Å². The maximum absolute atomic E-state index is 13.4. The summed E-state index contributed by atoms with van der Waals surface area (Å²) in [6.45, 7) is 4.17. The molecule has 5 rings (SSSR count). The van der Waals surface area contributed by atoms with Gasteiger partial charge in [-0.2, -0.15) is 0 Å². The number of likely N-dealkylation sites (tertiary alicyclic amines) is 1. The Morgan fingerprint density at radius 1 is 0.973 bits per heavy atom. The summed E-state index contributed by atoms with van der Waals surface area (Å²) in [5.41, 5.74) is 2.59. The fourth-order valence-electron chi connectivity index (χ4n) is 5.39. The molecule has 0 aliphatic carbocycles. The third-order valence-electron chi connectivity index (χ3n) is 7.10. The molecule has 0 saturated carbocycles. The average Bonchev–Trinajstić information content (AvgIpc) is 2.90. The molecular formula is C29H32N4O4. The summed E-state index contributed by atoms with van der Waals surface area (Å²) >= 11 is 0. The van der Waals surface area contributed by atoms with Crippen molar-refractivity contribution in [3.05, 3.63) is 94.4 Å².